The molecular formula is C14H20Cl2N2O3S. The van der Waals surface area contributed by atoms with E-state index in [4.69, 9.17) is 23.2 Å². The van der Waals surface area contributed by atoms with E-state index in [-0.39, 0.29) is 25.0 Å². The summed E-state index contributed by atoms with van der Waals surface area (Å²) in [6.45, 7) is 3.60. The third-order valence-corrected chi connectivity index (χ3v) is 4.72. The van der Waals surface area contributed by atoms with Crippen LogP contribution in [0, 0.1) is 0 Å². The first-order valence-electron chi connectivity index (χ1n) is 6.78. The molecule has 0 aliphatic carbocycles. The third kappa shape index (κ3) is 6.52. The van der Waals surface area contributed by atoms with Gasteiger partial charge in [-0.25, -0.2) is 8.42 Å². The van der Waals surface area contributed by atoms with Crippen LogP contribution in [-0.2, 0) is 21.2 Å². The average molecular weight is 367 g/mol. The summed E-state index contributed by atoms with van der Waals surface area (Å²) < 4.78 is 24.7. The van der Waals surface area contributed by atoms with Crippen molar-refractivity contribution in [3.05, 3.63) is 33.8 Å². The largest absolute Gasteiger partial charge is 0.353 e. The number of nitrogens with one attached hydrogen (secondary N) is 1. The summed E-state index contributed by atoms with van der Waals surface area (Å²) in [5.74, 6) is -0.331. The number of amides is 1. The highest BCUT2D eigenvalue weighted by Gasteiger charge is 2.20. The molecule has 0 saturated carbocycles. The zero-order valence-corrected chi connectivity index (χ0v) is 15.1. The summed E-state index contributed by atoms with van der Waals surface area (Å²) >= 11 is 11.9. The van der Waals surface area contributed by atoms with Gasteiger partial charge in [-0.2, -0.15) is 4.31 Å². The second-order valence-electron chi connectivity index (χ2n) is 5.30. The van der Waals surface area contributed by atoms with Gasteiger partial charge in [0.2, 0.25) is 15.9 Å². The fourth-order valence-corrected chi connectivity index (χ4v) is 3.14. The maximum absolute atomic E-state index is 11.8. The number of nitrogens with zero attached hydrogens (tertiary/aromatic N) is 1. The number of halogens is 2. The zero-order chi connectivity index (χ0) is 16.9. The van der Waals surface area contributed by atoms with E-state index in [0.29, 0.717) is 16.5 Å². The summed E-state index contributed by atoms with van der Waals surface area (Å²) in [7, 11) is -3.48. The van der Waals surface area contributed by atoms with Gasteiger partial charge in [0.15, 0.2) is 0 Å². The van der Waals surface area contributed by atoms with Crippen molar-refractivity contribution in [2.45, 2.75) is 26.3 Å². The average Bonchev–Trinajstić information content (AvgIpc) is 2.33. The lowest BCUT2D eigenvalue weighted by molar-refractivity contribution is -0.121. The molecule has 0 unspecified atom stereocenters. The Bertz CT molecular complexity index is 633. The molecule has 1 aromatic rings. The van der Waals surface area contributed by atoms with Gasteiger partial charge in [-0.3, -0.25) is 4.79 Å². The summed E-state index contributed by atoms with van der Waals surface area (Å²) in [5.41, 5.74) is 0.781. The molecule has 8 heteroatoms. The Labute approximate surface area is 141 Å². The molecule has 0 radical (unpaired) electrons. The molecule has 1 amide bonds. The van der Waals surface area contributed by atoms with Crippen molar-refractivity contribution < 1.29 is 13.2 Å². The van der Waals surface area contributed by atoms with E-state index in [1.54, 1.807) is 18.2 Å². The molecule has 5 nitrogen and oxygen atoms in total. The Hall–Kier alpha value is -0.820. The molecule has 124 valence electrons. The van der Waals surface area contributed by atoms with Gasteiger partial charge in [0, 0.05) is 22.6 Å². The van der Waals surface area contributed by atoms with E-state index >= 15 is 0 Å². The summed E-state index contributed by atoms with van der Waals surface area (Å²) in [5, 5.41) is 3.67. The molecule has 0 aromatic heterocycles. The molecule has 0 atom stereocenters. The maximum Gasteiger partial charge on any atom is 0.235 e. The maximum atomic E-state index is 11.8. The predicted octanol–water partition coefficient (Wildman–Crippen LogP) is 2.32. The molecule has 1 rings (SSSR count). The smallest absolute Gasteiger partial charge is 0.235 e. The van der Waals surface area contributed by atoms with Crippen molar-refractivity contribution in [2.24, 2.45) is 0 Å². The molecule has 22 heavy (non-hydrogen) atoms. The first kappa shape index (κ1) is 19.2. The molecule has 0 heterocycles. The molecule has 0 aliphatic rings. The van der Waals surface area contributed by atoms with Crippen LogP contribution in [0.25, 0.3) is 0 Å². The third-order valence-electron chi connectivity index (χ3n) is 2.88. The van der Waals surface area contributed by atoms with Gasteiger partial charge in [0.25, 0.3) is 0 Å². The Morgan fingerprint density at radius 3 is 2.45 bits per heavy atom. The van der Waals surface area contributed by atoms with E-state index in [2.05, 4.69) is 5.32 Å². The minimum absolute atomic E-state index is 0.0420. The van der Waals surface area contributed by atoms with Crippen molar-refractivity contribution in [3.8, 4) is 0 Å². The van der Waals surface area contributed by atoms with Crippen LogP contribution in [0.1, 0.15) is 19.4 Å². The number of rotatable bonds is 7. The van der Waals surface area contributed by atoms with Gasteiger partial charge >= 0.3 is 0 Å². The fourth-order valence-electron chi connectivity index (χ4n) is 1.86. The Kier molecular flexibility index (Phi) is 7.12. The normalized spacial score (nSPS) is 12.0. The van der Waals surface area contributed by atoms with Crippen molar-refractivity contribution in [1.29, 1.82) is 0 Å². The van der Waals surface area contributed by atoms with Crippen LogP contribution < -0.4 is 5.32 Å². The van der Waals surface area contributed by atoms with Crippen molar-refractivity contribution in [1.82, 2.24) is 9.62 Å². The standard InChI is InChI=1S/C14H20Cl2N2O3S/c1-10(2)17-14(19)9-18(22(3,20)21)7-6-11-4-5-12(15)8-13(11)16/h4-5,8,10H,6-7,9H2,1-3H3,(H,17,19). The quantitative estimate of drug-likeness (QED) is 0.804. The molecule has 0 bridgehead atoms. The van der Waals surface area contributed by atoms with Crippen molar-refractivity contribution in [2.75, 3.05) is 19.3 Å². The van der Waals surface area contributed by atoms with E-state index in [0.717, 1.165) is 16.1 Å². The SMILES string of the molecule is CC(C)NC(=O)CN(CCc1ccc(Cl)cc1Cl)S(C)(=O)=O. The van der Waals surface area contributed by atoms with Crippen LogP contribution in [0.3, 0.4) is 0 Å². The lowest BCUT2D eigenvalue weighted by atomic mass is 10.1. The topological polar surface area (TPSA) is 66.5 Å². The fraction of sp³-hybridized carbons (Fsp3) is 0.500. The van der Waals surface area contributed by atoms with Crippen LogP contribution >= 0.6 is 23.2 Å². The van der Waals surface area contributed by atoms with Gasteiger partial charge < -0.3 is 5.32 Å². The molecular weight excluding hydrogens is 347 g/mol. The van der Waals surface area contributed by atoms with Gasteiger partial charge in [-0.1, -0.05) is 29.3 Å². The number of hydrogen-bond donors (Lipinski definition) is 1. The minimum atomic E-state index is -3.48. The van der Waals surface area contributed by atoms with E-state index in [9.17, 15) is 13.2 Å². The Balaban J connectivity index is 2.76. The molecule has 0 saturated heterocycles. The summed E-state index contributed by atoms with van der Waals surface area (Å²) in [6.07, 6.45) is 1.48. The number of hydrogen-bond acceptors (Lipinski definition) is 3. The highest BCUT2D eigenvalue weighted by atomic mass is 35.5. The van der Waals surface area contributed by atoms with Crippen LogP contribution in [0.15, 0.2) is 18.2 Å². The second kappa shape index (κ2) is 8.15. The monoisotopic (exact) mass is 366 g/mol. The molecule has 0 aliphatic heterocycles. The minimum Gasteiger partial charge on any atom is -0.353 e. The van der Waals surface area contributed by atoms with Gasteiger partial charge in [-0.15, -0.1) is 0 Å². The lowest BCUT2D eigenvalue weighted by Gasteiger charge is -2.20. The van der Waals surface area contributed by atoms with Crippen molar-refractivity contribution in [3.63, 3.8) is 0 Å². The van der Waals surface area contributed by atoms with E-state index in [1.807, 2.05) is 13.8 Å². The number of benzene rings is 1. The first-order chi connectivity index (χ1) is 10.1. The zero-order valence-electron chi connectivity index (χ0n) is 12.8. The lowest BCUT2D eigenvalue weighted by Crippen LogP contribution is -2.43. The number of carbonyl (C=O) groups excluding carboxylic acids is 1. The summed E-state index contributed by atoms with van der Waals surface area (Å²) in [6, 6.07) is 5.01. The second-order valence-corrected chi connectivity index (χ2v) is 8.13. The Morgan fingerprint density at radius 2 is 1.95 bits per heavy atom. The number of sulfonamides is 1. The molecule has 0 fully saturated rings. The van der Waals surface area contributed by atoms with E-state index < -0.39 is 10.0 Å². The number of carbonyl (C=O) groups is 1. The highest BCUT2D eigenvalue weighted by Crippen LogP contribution is 2.21. The molecule has 0 spiro atoms. The van der Waals surface area contributed by atoms with Gasteiger partial charge in [0.1, 0.15) is 0 Å². The first-order valence-corrected chi connectivity index (χ1v) is 9.38. The van der Waals surface area contributed by atoms with Gasteiger partial charge in [-0.05, 0) is 38.0 Å². The highest BCUT2D eigenvalue weighted by molar-refractivity contribution is 7.88. The summed E-state index contributed by atoms with van der Waals surface area (Å²) in [4.78, 5) is 11.8. The molecule has 1 N–H and O–H groups in total. The molecule has 1 aromatic carbocycles. The Morgan fingerprint density at radius 1 is 1.32 bits per heavy atom. The van der Waals surface area contributed by atoms with Crippen LogP contribution in [0.4, 0.5) is 0 Å². The van der Waals surface area contributed by atoms with Crippen molar-refractivity contribution >= 4 is 39.1 Å². The van der Waals surface area contributed by atoms with Crippen LogP contribution in [0.5, 0.6) is 0 Å². The predicted molar refractivity (Wildman–Crippen MR) is 89.9 cm³/mol. The van der Waals surface area contributed by atoms with Crippen LogP contribution in [-0.4, -0.2) is 44.0 Å². The van der Waals surface area contributed by atoms with Gasteiger partial charge in [0.05, 0.1) is 12.8 Å². The van der Waals surface area contributed by atoms with Crippen LogP contribution in [0.2, 0.25) is 10.0 Å². The van der Waals surface area contributed by atoms with E-state index in [1.165, 1.54) is 0 Å².